The minimum absolute atomic E-state index is 0.107. The van der Waals surface area contributed by atoms with Crippen LogP contribution in [0, 0.1) is 0 Å². The third-order valence-electron chi connectivity index (χ3n) is 4.29. The number of aromatic nitrogens is 2. The Labute approximate surface area is 168 Å². The minimum atomic E-state index is -4.46. The largest absolute Gasteiger partial charge is 0.461 e. The van der Waals surface area contributed by atoms with Gasteiger partial charge in [0.05, 0.1) is 18.2 Å². The van der Waals surface area contributed by atoms with Crippen molar-refractivity contribution in [3.8, 4) is 11.6 Å². The second-order valence-electron chi connectivity index (χ2n) is 6.35. The van der Waals surface area contributed by atoms with Crippen molar-refractivity contribution >= 4 is 11.6 Å². The summed E-state index contributed by atoms with van der Waals surface area (Å²) in [5, 5.41) is 6.57. The zero-order chi connectivity index (χ0) is 21.1. The van der Waals surface area contributed by atoms with Crippen LogP contribution >= 0.6 is 0 Å². The second kappa shape index (κ2) is 7.86. The third kappa shape index (κ3) is 4.24. The van der Waals surface area contributed by atoms with Crippen LogP contribution in [0.3, 0.4) is 0 Å². The fourth-order valence-electron chi connectivity index (χ4n) is 2.80. The number of nitrogens with one attached hydrogen (secondary N) is 1. The Bertz CT molecular complexity index is 1150. The highest BCUT2D eigenvalue weighted by Gasteiger charge is 2.30. The molecule has 4 aromatic rings. The van der Waals surface area contributed by atoms with E-state index in [1.54, 1.807) is 36.4 Å². The van der Waals surface area contributed by atoms with Gasteiger partial charge in [-0.3, -0.25) is 4.79 Å². The van der Waals surface area contributed by atoms with Crippen LogP contribution in [-0.4, -0.2) is 16.0 Å². The SMILES string of the molecule is O=C(Nc1ccccc1Cc1nc(-c2ccco2)no1)c1ccc(C(F)(F)F)cc1. The molecule has 1 amide bonds. The van der Waals surface area contributed by atoms with E-state index in [4.69, 9.17) is 8.94 Å². The molecule has 9 heteroatoms. The number of furan rings is 1. The maximum atomic E-state index is 12.7. The topological polar surface area (TPSA) is 81.2 Å². The Kier molecular flexibility index (Phi) is 5.09. The molecule has 0 radical (unpaired) electrons. The number of carbonyl (C=O) groups is 1. The number of benzene rings is 2. The van der Waals surface area contributed by atoms with Crippen molar-refractivity contribution in [1.82, 2.24) is 10.1 Å². The van der Waals surface area contributed by atoms with Gasteiger partial charge in [-0.25, -0.2) is 0 Å². The van der Waals surface area contributed by atoms with Gasteiger partial charge in [0.25, 0.3) is 5.91 Å². The quantitative estimate of drug-likeness (QED) is 0.487. The first-order valence-corrected chi connectivity index (χ1v) is 8.83. The second-order valence-corrected chi connectivity index (χ2v) is 6.35. The van der Waals surface area contributed by atoms with Gasteiger partial charge in [-0.1, -0.05) is 23.4 Å². The van der Waals surface area contributed by atoms with E-state index >= 15 is 0 Å². The molecule has 2 heterocycles. The molecule has 1 N–H and O–H groups in total. The summed E-state index contributed by atoms with van der Waals surface area (Å²) in [6.07, 6.45) is -2.71. The van der Waals surface area contributed by atoms with Crippen LogP contribution in [0.25, 0.3) is 11.6 Å². The summed E-state index contributed by atoms with van der Waals surface area (Å²) in [4.78, 5) is 16.8. The van der Waals surface area contributed by atoms with Crippen LogP contribution in [0.15, 0.2) is 75.9 Å². The van der Waals surface area contributed by atoms with Crippen molar-refractivity contribution in [2.45, 2.75) is 12.6 Å². The van der Waals surface area contributed by atoms with Gasteiger partial charge in [-0.2, -0.15) is 18.2 Å². The van der Waals surface area contributed by atoms with Crippen LogP contribution in [0.4, 0.5) is 18.9 Å². The van der Waals surface area contributed by atoms with Crippen LogP contribution in [-0.2, 0) is 12.6 Å². The number of hydrogen-bond donors (Lipinski definition) is 1. The Morgan fingerprint density at radius 2 is 1.77 bits per heavy atom. The molecule has 6 nitrogen and oxygen atoms in total. The molecule has 0 unspecified atom stereocenters. The number of nitrogens with zero attached hydrogens (tertiary/aromatic N) is 2. The zero-order valence-corrected chi connectivity index (χ0v) is 15.3. The molecule has 0 bridgehead atoms. The Hall–Kier alpha value is -3.88. The number of para-hydroxylation sites is 1. The Balaban J connectivity index is 1.50. The van der Waals surface area contributed by atoms with Crippen LogP contribution in [0.5, 0.6) is 0 Å². The maximum Gasteiger partial charge on any atom is 0.416 e. The number of alkyl halides is 3. The smallest absolute Gasteiger partial charge is 0.416 e. The predicted molar refractivity (Wildman–Crippen MR) is 101 cm³/mol. The van der Waals surface area contributed by atoms with Gasteiger partial charge in [0, 0.05) is 11.3 Å². The molecular weight excluding hydrogens is 399 g/mol. The zero-order valence-electron chi connectivity index (χ0n) is 15.3. The Morgan fingerprint density at radius 1 is 1.00 bits per heavy atom. The lowest BCUT2D eigenvalue weighted by Crippen LogP contribution is -2.14. The molecule has 30 heavy (non-hydrogen) atoms. The van der Waals surface area contributed by atoms with E-state index < -0.39 is 17.6 Å². The van der Waals surface area contributed by atoms with Gasteiger partial charge in [0.15, 0.2) is 5.76 Å². The lowest BCUT2D eigenvalue weighted by Gasteiger charge is -2.11. The van der Waals surface area contributed by atoms with E-state index in [1.807, 2.05) is 0 Å². The van der Waals surface area contributed by atoms with E-state index in [0.717, 1.165) is 24.3 Å². The Morgan fingerprint density at radius 3 is 2.47 bits per heavy atom. The summed E-state index contributed by atoms with van der Waals surface area (Å²) in [6.45, 7) is 0. The highest BCUT2D eigenvalue weighted by atomic mass is 19.4. The van der Waals surface area contributed by atoms with Crippen molar-refractivity contribution in [3.05, 3.63) is 89.5 Å². The first-order chi connectivity index (χ1) is 14.4. The number of hydrogen-bond acceptors (Lipinski definition) is 5. The molecule has 2 aromatic carbocycles. The van der Waals surface area contributed by atoms with E-state index in [-0.39, 0.29) is 12.0 Å². The first kappa shape index (κ1) is 19.4. The average Bonchev–Trinajstić information content (AvgIpc) is 3.41. The van der Waals surface area contributed by atoms with E-state index in [9.17, 15) is 18.0 Å². The van der Waals surface area contributed by atoms with Crippen molar-refractivity contribution in [3.63, 3.8) is 0 Å². The number of carbonyl (C=O) groups excluding carboxylic acids is 1. The molecule has 0 aliphatic carbocycles. The summed E-state index contributed by atoms with van der Waals surface area (Å²) in [5.41, 5.74) is 0.478. The molecule has 0 spiro atoms. The molecule has 0 saturated carbocycles. The summed E-state index contributed by atoms with van der Waals surface area (Å²) in [7, 11) is 0. The summed E-state index contributed by atoms with van der Waals surface area (Å²) < 4.78 is 48.5. The van der Waals surface area contributed by atoms with Gasteiger partial charge in [0.2, 0.25) is 11.7 Å². The first-order valence-electron chi connectivity index (χ1n) is 8.83. The highest BCUT2D eigenvalue weighted by molar-refractivity contribution is 6.04. The summed E-state index contributed by atoms with van der Waals surface area (Å²) in [6, 6.07) is 14.4. The number of amides is 1. The number of anilines is 1. The molecule has 0 aliphatic heterocycles. The highest BCUT2D eigenvalue weighted by Crippen LogP contribution is 2.29. The van der Waals surface area contributed by atoms with Crippen LogP contribution < -0.4 is 5.32 Å². The molecular formula is C21H14F3N3O3. The van der Waals surface area contributed by atoms with E-state index in [1.165, 1.54) is 6.26 Å². The fourth-order valence-corrected chi connectivity index (χ4v) is 2.80. The van der Waals surface area contributed by atoms with Crippen molar-refractivity contribution < 1.29 is 26.9 Å². The fraction of sp³-hybridized carbons (Fsp3) is 0.0952. The van der Waals surface area contributed by atoms with Crippen molar-refractivity contribution in [2.24, 2.45) is 0 Å². The average molecular weight is 413 g/mol. The summed E-state index contributed by atoms with van der Waals surface area (Å²) >= 11 is 0. The third-order valence-corrected chi connectivity index (χ3v) is 4.29. The minimum Gasteiger partial charge on any atom is -0.461 e. The normalized spacial score (nSPS) is 11.4. The molecule has 0 saturated heterocycles. The van der Waals surface area contributed by atoms with Gasteiger partial charge >= 0.3 is 6.18 Å². The predicted octanol–water partition coefficient (Wildman–Crippen LogP) is 5.19. The monoisotopic (exact) mass is 413 g/mol. The lowest BCUT2D eigenvalue weighted by molar-refractivity contribution is -0.137. The van der Waals surface area contributed by atoms with E-state index in [2.05, 4.69) is 15.5 Å². The molecule has 4 rings (SSSR count). The number of rotatable bonds is 5. The van der Waals surface area contributed by atoms with Crippen molar-refractivity contribution in [2.75, 3.05) is 5.32 Å². The molecule has 2 aromatic heterocycles. The molecule has 152 valence electrons. The van der Waals surface area contributed by atoms with E-state index in [0.29, 0.717) is 28.7 Å². The standard InChI is InChI=1S/C21H14F3N3O3/c22-21(23,24)15-9-7-13(8-10-15)20(28)25-16-5-2-1-4-14(16)12-18-26-19(27-30-18)17-6-3-11-29-17/h1-11H,12H2,(H,25,28). The van der Waals surface area contributed by atoms with Crippen LogP contribution in [0.1, 0.15) is 27.4 Å². The van der Waals surface area contributed by atoms with Crippen molar-refractivity contribution in [1.29, 1.82) is 0 Å². The van der Waals surface area contributed by atoms with Crippen LogP contribution in [0.2, 0.25) is 0 Å². The maximum absolute atomic E-state index is 12.7. The van der Waals surface area contributed by atoms with Gasteiger partial charge in [-0.15, -0.1) is 0 Å². The molecule has 0 atom stereocenters. The summed E-state index contributed by atoms with van der Waals surface area (Å²) in [5.74, 6) is 0.561. The van der Waals surface area contributed by atoms with Gasteiger partial charge < -0.3 is 14.3 Å². The molecule has 0 aliphatic rings. The van der Waals surface area contributed by atoms with Gasteiger partial charge in [0.1, 0.15) is 0 Å². The van der Waals surface area contributed by atoms with Gasteiger partial charge in [-0.05, 0) is 48.0 Å². The number of halogens is 3. The molecule has 0 fully saturated rings. The lowest BCUT2D eigenvalue weighted by atomic mass is 10.1.